The van der Waals surface area contributed by atoms with E-state index in [0.717, 1.165) is 25.7 Å². The largest absolute Gasteiger partial charge is 0.481 e. The summed E-state index contributed by atoms with van der Waals surface area (Å²) in [5.41, 5.74) is 0. The Hall–Kier alpha value is -5.01. The average molecular weight is 1300 g/mol. The van der Waals surface area contributed by atoms with E-state index in [1.54, 1.807) is 0 Å². The van der Waals surface area contributed by atoms with Gasteiger partial charge >= 0.3 is 17.9 Å². The number of rotatable bonds is 70. The van der Waals surface area contributed by atoms with Gasteiger partial charge in [-0.05, 0) is 31.7 Å². The number of carboxylic acid groups (broad SMARTS) is 3. The number of hydrogen-bond donors (Lipinski definition) is 9. The van der Waals surface area contributed by atoms with Crippen LogP contribution in [0.4, 0.5) is 0 Å². The molecule has 0 heterocycles. The molecule has 0 saturated carbocycles. The lowest BCUT2D eigenvalue weighted by Crippen LogP contribution is -2.46. The Bertz CT molecular complexity index is 1730. The van der Waals surface area contributed by atoms with Gasteiger partial charge in [0.25, 0.3) is 0 Å². The molecule has 9 N–H and O–H groups in total. The zero-order chi connectivity index (χ0) is 66.9. The fraction of sp³-hybridized carbons (Fsp3) is 0.866. The highest BCUT2D eigenvalue weighted by Crippen LogP contribution is 2.17. The molecular weight excluding hydrogens is 1170 g/mol. The van der Waals surface area contributed by atoms with Crippen molar-refractivity contribution in [3.05, 3.63) is 0 Å². The van der Waals surface area contributed by atoms with Gasteiger partial charge in [-0.3, -0.25) is 53.0 Å². The van der Waals surface area contributed by atoms with Gasteiger partial charge in [-0.1, -0.05) is 194 Å². The highest BCUT2D eigenvalue weighted by atomic mass is 16.5. The number of nitrogens with one attached hydrogen (secondary N) is 6. The van der Waals surface area contributed by atoms with Gasteiger partial charge < -0.3 is 66.2 Å². The van der Waals surface area contributed by atoms with Crippen LogP contribution < -0.4 is 31.9 Å². The van der Waals surface area contributed by atoms with Crippen molar-refractivity contribution < 1.29 is 77.4 Å². The molecule has 0 rings (SSSR count). The van der Waals surface area contributed by atoms with Gasteiger partial charge in [0.05, 0.1) is 85.6 Å². The van der Waals surface area contributed by atoms with E-state index >= 15 is 0 Å². The maximum absolute atomic E-state index is 12.8. The zero-order valence-corrected chi connectivity index (χ0v) is 56.5. The normalized spacial score (nSPS) is 11.6. The van der Waals surface area contributed by atoms with Crippen LogP contribution in [0.25, 0.3) is 0 Å². The maximum atomic E-state index is 12.8. The summed E-state index contributed by atoms with van der Waals surface area (Å²) in [6.07, 6.45) is 38.7. The van der Waals surface area contributed by atoms with Gasteiger partial charge in [0.15, 0.2) is 0 Å². The summed E-state index contributed by atoms with van der Waals surface area (Å²) in [5, 5.41) is 44.6. The van der Waals surface area contributed by atoms with Gasteiger partial charge in [-0.2, -0.15) is 0 Å². The third-order valence-electron chi connectivity index (χ3n) is 15.5. The molecule has 1 unspecified atom stereocenters. The number of unbranched alkanes of at least 4 members (excludes halogenated alkanes) is 28. The second-order valence-corrected chi connectivity index (χ2v) is 24.0. The lowest BCUT2D eigenvalue weighted by atomic mass is 9.96. The van der Waals surface area contributed by atoms with Gasteiger partial charge in [0.1, 0.15) is 0 Å². The van der Waals surface area contributed by atoms with Crippen LogP contribution in [0.5, 0.6) is 0 Å². The highest BCUT2D eigenvalue weighted by molar-refractivity contribution is 5.86. The van der Waals surface area contributed by atoms with Crippen molar-refractivity contribution in [2.75, 3.05) is 131 Å². The van der Waals surface area contributed by atoms with E-state index in [9.17, 15) is 58.5 Å². The highest BCUT2D eigenvalue weighted by Gasteiger charge is 2.22. The van der Waals surface area contributed by atoms with Crippen LogP contribution in [0.3, 0.4) is 0 Å². The second kappa shape index (κ2) is 65.1. The molecule has 6 amide bonds. The Balaban J connectivity index is 4.24. The minimum atomic E-state index is -1.25. The van der Waals surface area contributed by atoms with Crippen LogP contribution in [-0.2, 0) is 62.1 Å². The molecule has 0 aliphatic carbocycles. The second-order valence-electron chi connectivity index (χ2n) is 24.0. The number of amides is 6. The van der Waals surface area contributed by atoms with Gasteiger partial charge in [0, 0.05) is 65.0 Å². The van der Waals surface area contributed by atoms with E-state index in [2.05, 4.69) is 45.7 Å². The smallest absolute Gasteiger partial charge is 0.317 e. The number of carboxylic acids is 3. The van der Waals surface area contributed by atoms with E-state index in [4.69, 9.17) is 18.9 Å². The van der Waals surface area contributed by atoms with E-state index in [1.807, 2.05) is 0 Å². The van der Waals surface area contributed by atoms with Crippen LogP contribution >= 0.6 is 0 Å². The molecule has 0 aromatic rings. The van der Waals surface area contributed by atoms with Crippen molar-refractivity contribution in [3.63, 3.8) is 0 Å². The van der Waals surface area contributed by atoms with E-state index in [1.165, 1.54) is 177 Å². The Labute approximate surface area is 546 Å². The lowest BCUT2D eigenvalue weighted by molar-refractivity contribution is -0.140. The Morgan fingerprint density at radius 3 is 0.956 bits per heavy atom. The predicted molar refractivity (Wildman–Crippen MR) is 354 cm³/mol. The van der Waals surface area contributed by atoms with Gasteiger partial charge in [0.2, 0.25) is 35.4 Å². The van der Waals surface area contributed by atoms with Gasteiger partial charge in [-0.15, -0.1) is 0 Å². The molecule has 0 aliphatic heterocycles. The molecule has 0 aromatic carbocycles. The Kier molecular flexibility index (Phi) is 61.5. The van der Waals surface area contributed by atoms with E-state index < -0.39 is 80.1 Å². The topological polar surface area (TPSA) is 330 Å². The molecule has 0 saturated heterocycles. The summed E-state index contributed by atoms with van der Waals surface area (Å²) in [6, 6.07) is 0. The van der Waals surface area contributed by atoms with Crippen molar-refractivity contribution in [2.45, 2.75) is 239 Å². The minimum absolute atomic E-state index is 0.0164. The van der Waals surface area contributed by atoms with Gasteiger partial charge in [-0.25, -0.2) is 0 Å². The number of hydrogen-bond acceptors (Lipinski definition) is 15. The minimum Gasteiger partial charge on any atom is -0.481 e. The summed E-state index contributed by atoms with van der Waals surface area (Å²) in [7, 11) is 0. The quantitative estimate of drug-likeness (QED) is 0.0261. The van der Waals surface area contributed by atoms with Crippen molar-refractivity contribution in [2.24, 2.45) is 5.92 Å². The van der Waals surface area contributed by atoms with Crippen molar-refractivity contribution >= 4 is 53.4 Å². The van der Waals surface area contributed by atoms with Crippen LogP contribution in [0.2, 0.25) is 0 Å². The van der Waals surface area contributed by atoms with Crippen LogP contribution in [0, 0.1) is 5.92 Å². The predicted octanol–water partition coefficient (Wildman–Crippen LogP) is 7.92. The first kappa shape index (κ1) is 86.0. The fourth-order valence-corrected chi connectivity index (χ4v) is 10.3. The Morgan fingerprint density at radius 2 is 0.615 bits per heavy atom. The lowest BCUT2D eigenvalue weighted by Gasteiger charge is -2.26. The van der Waals surface area contributed by atoms with Crippen molar-refractivity contribution in [3.8, 4) is 0 Å². The number of aliphatic carboxylic acids is 3. The molecule has 91 heavy (non-hydrogen) atoms. The molecule has 1 atom stereocenters. The van der Waals surface area contributed by atoms with Crippen molar-refractivity contribution in [1.82, 2.24) is 41.7 Å². The molecule has 0 fully saturated rings. The summed E-state index contributed by atoms with van der Waals surface area (Å²) in [5.74, 6) is -6.58. The first-order chi connectivity index (χ1) is 44.1. The number of carbonyl (C=O) groups is 9. The standard InChI is InChI=1S/C67H126N8O16/c1-3-5-7-9-11-13-15-17-19-21-23-25-27-29-31-33-59(76)68-36-43-88-47-49-90-45-38-70-62(79)53-72-61(78)51-58(52-65(82)83)35-40-74(56-66(84)85)41-42-75(57-67(86)87)55-64(81)73-54-63(80)71-39-46-91-50-48-89-44-37-69-60(77)34-32-30-28-26-24-22-20-18-16-14-12-10-8-6-4-2/h58H,3-57H2,1-2H3,(H,68,76)(H,69,77)(H,70,79)(H,71,80)(H,72,78)(H,73,81)(H,82,83)(H,84,85)(H,86,87). The summed E-state index contributed by atoms with van der Waals surface area (Å²) >= 11 is 0. The van der Waals surface area contributed by atoms with Crippen LogP contribution in [0.1, 0.15) is 239 Å². The zero-order valence-electron chi connectivity index (χ0n) is 56.5. The molecule has 0 bridgehead atoms. The summed E-state index contributed by atoms with van der Waals surface area (Å²) < 4.78 is 22.0. The number of ether oxygens (including phenoxy) is 4. The van der Waals surface area contributed by atoms with Crippen LogP contribution in [0.15, 0.2) is 0 Å². The molecule has 0 spiro atoms. The molecule has 24 heteroatoms. The first-order valence-corrected chi connectivity index (χ1v) is 35.2. The molecule has 24 nitrogen and oxygen atoms in total. The Morgan fingerprint density at radius 1 is 0.308 bits per heavy atom. The molecule has 0 aliphatic rings. The average Bonchev–Trinajstić information content (AvgIpc) is 3.70. The monoisotopic (exact) mass is 1300 g/mol. The SMILES string of the molecule is CCCCCCCCCCCCCCCCCC(=O)NCCOCCOCCNC(=O)CNC(=O)CC(CCN(CCN(CC(=O)O)CC(=O)NCC(=O)NCCOCCOCCNC(=O)CCCCCCCCCCCCCCCCC)CC(=O)O)CC(=O)O. The maximum Gasteiger partial charge on any atom is 0.317 e. The summed E-state index contributed by atoms with van der Waals surface area (Å²) in [4.78, 5) is 113. The van der Waals surface area contributed by atoms with E-state index in [-0.39, 0.29) is 90.4 Å². The van der Waals surface area contributed by atoms with E-state index in [0.29, 0.717) is 52.4 Å². The number of carbonyl (C=O) groups excluding carboxylic acids is 6. The van der Waals surface area contributed by atoms with Crippen molar-refractivity contribution in [1.29, 1.82) is 0 Å². The van der Waals surface area contributed by atoms with Crippen LogP contribution in [-0.4, -0.2) is 210 Å². The summed E-state index contributed by atoms with van der Waals surface area (Å²) in [6.45, 7) is 5.51. The third-order valence-corrected chi connectivity index (χ3v) is 15.5. The fourth-order valence-electron chi connectivity index (χ4n) is 10.3. The number of nitrogens with zero attached hydrogens (tertiary/aromatic N) is 2. The first-order valence-electron chi connectivity index (χ1n) is 35.2. The molecule has 0 aromatic heterocycles. The third kappa shape index (κ3) is 64.9. The molecule has 0 radical (unpaired) electrons. The molecule has 530 valence electrons. The molecular formula is C67H126N8O16.